The molecule has 0 saturated heterocycles. The lowest BCUT2D eigenvalue weighted by Gasteiger charge is -2.41. The highest BCUT2D eigenvalue weighted by Crippen LogP contribution is 2.43. The smallest absolute Gasteiger partial charge is 0.223 e. The normalized spacial score (nSPS) is 16.6. The van der Waals surface area contributed by atoms with Crippen molar-refractivity contribution in [3.05, 3.63) is 35.4 Å². The van der Waals surface area contributed by atoms with Crippen molar-refractivity contribution in [1.82, 2.24) is 4.90 Å². The second-order valence-corrected chi connectivity index (χ2v) is 6.13. The third-order valence-electron chi connectivity index (χ3n) is 4.56. The van der Waals surface area contributed by atoms with Crippen molar-refractivity contribution in [3.8, 4) is 0 Å². The molecule has 1 aliphatic rings. The van der Waals surface area contributed by atoms with Crippen LogP contribution < -0.4 is 5.73 Å². The fourth-order valence-corrected chi connectivity index (χ4v) is 2.97. The molecule has 3 nitrogen and oxygen atoms in total. The van der Waals surface area contributed by atoms with E-state index < -0.39 is 0 Å². The number of nitrogens with two attached hydrogens (primary N) is 1. The number of carbonyl (C=O) groups is 1. The standard InChI is InChI=1S/C17H26N2O/c1-3-19(12-15-7-4-6-14(2)10-15)16(20)11-17(13-18)8-5-9-17/h4,6-7,10H,3,5,8-9,11-13,18H2,1-2H3. The predicted molar refractivity (Wildman–Crippen MR) is 82.2 cm³/mol. The highest BCUT2D eigenvalue weighted by molar-refractivity contribution is 5.77. The zero-order valence-corrected chi connectivity index (χ0v) is 12.7. The molecule has 2 N–H and O–H groups in total. The Morgan fingerprint density at radius 1 is 1.40 bits per heavy atom. The first kappa shape index (κ1) is 15.0. The van der Waals surface area contributed by atoms with E-state index >= 15 is 0 Å². The van der Waals surface area contributed by atoms with Crippen molar-refractivity contribution in [1.29, 1.82) is 0 Å². The zero-order chi connectivity index (χ0) is 14.6. The number of hydrogen-bond donors (Lipinski definition) is 1. The molecule has 20 heavy (non-hydrogen) atoms. The van der Waals surface area contributed by atoms with Crippen LogP contribution in [0, 0.1) is 12.3 Å². The van der Waals surface area contributed by atoms with E-state index in [2.05, 4.69) is 31.2 Å². The minimum absolute atomic E-state index is 0.0944. The van der Waals surface area contributed by atoms with Crippen LogP contribution in [0.25, 0.3) is 0 Å². The van der Waals surface area contributed by atoms with E-state index in [-0.39, 0.29) is 11.3 Å². The van der Waals surface area contributed by atoms with E-state index in [0.29, 0.717) is 19.5 Å². The number of hydrogen-bond acceptors (Lipinski definition) is 2. The van der Waals surface area contributed by atoms with Crippen LogP contribution in [0.4, 0.5) is 0 Å². The molecule has 2 rings (SSSR count). The van der Waals surface area contributed by atoms with Crippen LogP contribution in [0.5, 0.6) is 0 Å². The zero-order valence-electron chi connectivity index (χ0n) is 12.7. The maximum Gasteiger partial charge on any atom is 0.223 e. The van der Waals surface area contributed by atoms with Gasteiger partial charge in [-0.25, -0.2) is 0 Å². The van der Waals surface area contributed by atoms with Gasteiger partial charge in [-0.05, 0) is 44.2 Å². The topological polar surface area (TPSA) is 46.3 Å². The molecule has 1 aromatic carbocycles. The molecule has 0 aliphatic heterocycles. The Bertz CT molecular complexity index is 460. The van der Waals surface area contributed by atoms with Crippen LogP contribution in [-0.4, -0.2) is 23.9 Å². The van der Waals surface area contributed by atoms with Gasteiger partial charge in [0.05, 0.1) is 0 Å². The molecule has 1 fully saturated rings. The third kappa shape index (κ3) is 3.40. The summed E-state index contributed by atoms with van der Waals surface area (Å²) in [6.45, 7) is 6.23. The molecule has 0 aromatic heterocycles. The third-order valence-corrected chi connectivity index (χ3v) is 4.56. The molecule has 0 unspecified atom stereocenters. The molecule has 0 radical (unpaired) electrons. The maximum atomic E-state index is 12.5. The Morgan fingerprint density at radius 3 is 2.65 bits per heavy atom. The predicted octanol–water partition coefficient (Wildman–Crippen LogP) is 2.86. The van der Waals surface area contributed by atoms with Gasteiger partial charge in [-0.2, -0.15) is 0 Å². The lowest BCUT2D eigenvalue weighted by molar-refractivity contribution is -0.135. The van der Waals surface area contributed by atoms with Crippen LogP contribution in [-0.2, 0) is 11.3 Å². The lowest BCUT2D eigenvalue weighted by atomic mass is 9.66. The summed E-state index contributed by atoms with van der Waals surface area (Å²) in [6, 6.07) is 8.37. The van der Waals surface area contributed by atoms with Crippen LogP contribution in [0.2, 0.25) is 0 Å². The van der Waals surface area contributed by atoms with Gasteiger partial charge >= 0.3 is 0 Å². The van der Waals surface area contributed by atoms with Gasteiger partial charge < -0.3 is 10.6 Å². The first-order valence-electron chi connectivity index (χ1n) is 7.62. The Balaban J connectivity index is 1.99. The summed E-state index contributed by atoms with van der Waals surface area (Å²) in [5.74, 6) is 0.249. The largest absolute Gasteiger partial charge is 0.339 e. The molecule has 0 spiro atoms. The number of rotatable bonds is 6. The highest BCUT2D eigenvalue weighted by Gasteiger charge is 2.38. The fraction of sp³-hybridized carbons (Fsp3) is 0.588. The first-order chi connectivity index (χ1) is 9.58. The number of nitrogens with zero attached hydrogens (tertiary/aromatic N) is 1. The van der Waals surface area contributed by atoms with Gasteiger partial charge in [-0.1, -0.05) is 36.2 Å². The average Bonchev–Trinajstić information content (AvgIpc) is 2.40. The minimum Gasteiger partial charge on any atom is -0.339 e. The molecule has 0 atom stereocenters. The second kappa shape index (κ2) is 6.40. The van der Waals surface area contributed by atoms with E-state index in [0.717, 1.165) is 19.4 Å². The van der Waals surface area contributed by atoms with Crippen LogP contribution >= 0.6 is 0 Å². The van der Waals surface area contributed by atoms with Gasteiger partial charge in [-0.3, -0.25) is 4.79 Å². The Kier molecular flexibility index (Phi) is 4.81. The monoisotopic (exact) mass is 274 g/mol. The van der Waals surface area contributed by atoms with Crippen molar-refractivity contribution >= 4 is 5.91 Å². The molecule has 3 heteroatoms. The summed E-state index contributed by atoms with van der Waals surface area (Å²) in [4.78, 5) is 14.5. The van der Waals surface area contributed by atoms with E-state index in [1.54, 1.807) is 0 Å². The summed E-state index contributed by atoms with van der Waals surface area (Å²) in [5.41, 5.74) is 8.40. The molecular formula is C17H26N2O. The number of amides is 1. The summed E-state index contributed by atoms with van der Waals surface area (Å²) in [5, 5.41) is 0. The quantitative estimate of drug-likeness (QED) is 0.867. The fourth-order valence-electron chi connectivity index (χ4n) is 2.97. The Labute approximate surface area is 122 Å². The summed E-state index contributed by atoms with van der Waals surface area (Å²) in [6.07, 6.45) is 4.05. The van der Waals surface area contributed by atoms with Gasteiger partial charge in [0.25, 0.3) is 0 Å². The molecule has 0 bridgehead atoms. The van der Waals surface area contributed by atoms with Crippen molar-refractivity contribution in [3.63, 3.8) is 0 Å². The van der Waals surface area contributed by atoms with Crippen LogP contribution in [0.15, 0.2) is 24.3 Å². The first-order valence-corrected chi connectivity index (χ1v) is 7.62. The molecule has 0 heterocycles. The molecular weight excluding hydrogens is 248 g/mol. The van der Waals surface area contributed by atoms with Gasteiger partial charge in [0.15, 0.2) is 0 Å². The number of benzene rings is 1. The molecule has 1 amide bonds. The van der Waals surface area contributed by atoms with Crippen LogP contribution in [0.3, 0.4) is 0 Å². The Morgan fingerprint density at radius 2 is 2.15 bits per heavy atom. The summed E-state index contributed by atoms with van der Waals surface area (Å²) in [7, 11) is 0. The van der Waals surface area contributed by atoms with E-state index in [1.807, 2.05) is 11.8 Å². The molecule has 1 aliphatic carbocycles. The van der Waals surface area contributed by atoms with E-state index in [1.165, 1.54) is 17.5 Å². The van der Waals surface area contributed by atoms with Gasteiger partial charge in [0, 0.05) is 19.5 Å². The average molecular weight is 274 g/mol. The SMILES string of the molecule is CCN(Cc1cccc(C)c1)C(=O)CC1(CN)CCC1. The molecule has 110 valence electrons. The van der Waals surface area contributed by atoms with Gasteiger partial charge in [-0.15, -0.1) is 0 Å². The lowest BCUT2D eigenvalue weighted by Crippen LogP contribution is -2.43. The van der Waals surface area contributed by atoms with Crippen molar-refractivity contribution < 1.29 is 4.79 Å². The Hall–Kier alpha value is -1.35. The van der Waals surface area contributed by atoms with Gasteiger partial charge in [0.1, 0.15) is 0 Å². The highest BCUT2D eigenvalue weighted by atomic mass is 16.2. The van der Waals surface area contributed by atoms with E-state index in [9.17, 15) is 4.79 Å². The molecule has 1 saturated carbocycles. The van der Waals surface area contributed by atoms with Crippen LogP contribution in [0.1, 0.15) is 43.7 Å². The van der Waals surface area contributed by atoms with Crippen molar-refractivity contribution in [2.75, 3.05) is 13.1 Å². The van der Waals surface area contributed by atoms with Crippen molar-refractivity contribution in [2.45, 2.75) is 46.1 Å². The summed E-state index contributed by atoms with van der Waals surface area (Å²) >= 11 is 0. The number of aryl methyl sites for hydroxylation is 1. The maximum absolute atomic E-state index is 12.5. The van der Waals surface area contributed by atoms with Crippen molar-refractivity contribution in [2.24, 2.45) is 11.1 Å². The second-order valence-electron chi connectivity index (χ2n) is 6.13. The minimum atomic E-state index is 0.0944. The van der Waals surface area contributed by atoms with E-state index in [4.69, 9.17) is 5.73 Å². The number of carbonyl (C=O) groups excluding carboxylic acids is 1. The van der Waals surface area contributed by atoms with Gasteiger partial charge in [0.2, 0.25) is 5.91 Å². The molecule has 1 aromatic rings. The summed E-state index contributed by atoms with van der Waals surface area (Å²) < 4.78 is 0.